The molecule has 0 saturated heterocycles. The van der Waals surface area contributed by atoms with Gasteiger partial charge in [-0.3, -0.25) is 15.1 Å². The molecule has 1 amide bonds. The molecule has 3 aromatic rings. The van der Waals surface area contributed by atoms with Gasteiger partial charge in [-0.2, -0.15) is 0 Å². The molecular weight excluding hydrogens is 366 g/mol. The molecule has 0 aliphatic carbocycles. The van der Waals surface area contributed by atoms with E-state index in [9.17, 15) is 4.79 Å². The molecular formula is C19H20ClN5O2. The number of hydrogen-bond donors (Lipinski definition) is 4. The van der Waals surface area contributed by atoms with E-state index in [0.717, 1.165) is 16.0 Å². The zero-order chi connectivity index (χ0) is 19.6. The van der Waals surface area contributed by atoms with Gasteiger partial charge in [0.25, 0.3) is 5.91 Å². The zero-order valence-electron chi connectivity index (χ0n) is 14.8. The van der Waals surface area contributed by atoms with Crippen molar-refractivity contribution in [2.45, 2.75) is 13.2 Å². The van der Waals surface area contributed by atoms with Gasteiger partial charge in [-0.25, -0.2) is 0 Å². The first kappa shape index (κ1) is 18.8. The first-order valence-corrected chi connectivity index (χ1v) is 8.62. The van der Waals surface area contributed by atoms with E-state index in [1.165, 1.54) is 7.05 Å². The molecule has 140 valence electrons. The number of fused-ring (bicyclic) bond motifs is 1. The van der Waals surface area contributed by atoms with E-state index in [-0.39, 0.29) is 5.96 Å². The molecule has 7 nitrogen and oxygen atoms in total. The van der Waals surface area contributed by atoms with Crippen molar-refractivity contribution in [2.24, 2.45) is 11.5 Å². The molecule has 0 saturated carbocycles. The number of rotatable bonds is 5. The smallest absolute Gasteiger partial charge is 0.276 e. The van der Waals surface area contributed by atoms with Crippen LogP contribution < -0.4 is 16.2 Å². The number of hydrogen-bond acceptors (Lipinski definition) is 4. The summed E-state index contributed by atoms with van der Waals surface area (Å²) in [6.07, 6.45) is 0. The van der Waals surface area contributed by atoms with Gasteiger partial charge < -0.3 is 21.2 Å². The monoisotopic (exact) mass is 385 g/mol. The highest BCUT2D eigenvalue weighted by Crippen LogP contribution is 2.30. The molecule has 1 aromatic heterocycles. The molecule has 0 radical (unpaired) electrons. The predicted molar refractivity (Wildman–Crippen MR) is 106 cm³/mol. The number of aromatic nitrogens is 1. The summed E-state index contributed by atoms with van der Waals surface area (Å²) in [6.45, 7) is 0.881. The summed E-state index contributed by atoms with van der Waals surface area (Å²) in [5, 5.41) is 8.52. The maximum atomic E-state index is 12.3. The fraction of sp³-hybridized carbons (Fsp3) is 0.158. The molecule has 3 rings (SSSR count). The van der Waals surface area contributed by atoms with Gasteiger partial charge in [0.1, 0.15) is 18.1 Å². The van der Waals surface area contributed by atoms with Crippen molar-refractivity contribution >= 4 is 34.4 Å². The number of benzene rings is 2. The molecule has 1 heterocycles. The standard InChI is InChI=1S/C19H20ClN5O2/c1-25(19(22)23)18(26)17-8-14-15(20)6-13(7-16(14)24-17)27-10-12-4-2-11(9-21)3-5-12/h2-8,24H,9-10,21H2,1H3,(H3,22,23). The minimum absolute atomic E-state index is 0.291. The Bertz CT molecular complexity index is 997. The number of aromatic amines is 1. The topological polar surface area (TPSA) is 121 Å². The summed E-state index contributed by atoms with van der Waals surface area (Å²) in [5.41, 5.74) is 14.0. The number of nitrogens with zero attached hydrogens (tertiary/aromatic N) is 1. The quantitative estimate of drug-likeness (QED) is 0.398. The lowest BCUT2D eigenvalue weighted by Crippen LogP contribution is -2.38. The van der Waals surface area contributed by atoms with Crippen molar-refractivity contribution in [1.82, 2.24) is 9.88 Å². The lowest BCUT2D eigenvalue weighted by atomic mass is 10.1. The minimum Gasteiger partial charge on any atom is -0.489 e. The maximum absolute atomic E-state index is 12.3. The van der Waals surface area contributed by atoms with Crippen molar-refractivity contribution < 1.29 is 9.53 Å². The fourth-order valence-corrected chi connectivity index (χ4v) is 2.86. The number of amides is 1. The second kappa shape index (κ2) is 7.69. The second-order valence-electron chi connectivity index (χ2n) is 6.11. The summed E-state index contributed by atoms with van der Waals surface area (Å²) in [6, 6.07) is 13.0. The SMILES string of the molecule is CN(C(=N)N)C(=O)c1cc2c(Cl)cc(OCc3ccc(CN)cc3)cc2[nH]1. The Morgan fingerprint density at radius 3 is 2.52 bits per heavy atom. The number of nitrogens with two attached hydrogens (primary N) is 2. The Labute approximate surface area is 161 Å². The van der Waals surface area contributed by atoms with Crippen LogP contribution in [-0.2, 0) is 13.2 Å². The Balaban J connectivity index is 1.81. The zero-order valence-corrected chi connectivity index (χ0v) is 15.5. The van der Waals surface area contributed by atoms with Crippen LogP contribution in [0.2, 0.25) is 5.02 Å². The summed E-state index contributed by atoms with van der Waals surface area (Å²) in [5.74, 6) is -0.178. The lowest BCUT2D eigenvalue weighted by molar-refractivity contribution is 0.0864. The molecule has 0 atom stereocenters. The van der Waals surface area contributed by atoms with E-state index < -0.39 is 5.91 Å². The van der Waals surface area contributed by atoms with Gasteiger partial charge >= 0.3 is 0 Å². The highest BCUT2D eigenvalue weighted by atomic mass is 35.5. The maximum Gasteiger partial charge on any atom is 0.276 e. The van der Waals surface area contributed by atoms with Crippen LogP contribution in [0.5, 0.6) is 5.75 Å². The van der Waals surface area contributed by atoms with Crippen molar-refractivity contribution in [1.29, 1.82) is 5.41 Å². The van der Waals surface area contributed by atoms with Gasteiger partial charge in [0.15, 0.2) is 5.96 Å². The number of halogens is 1. The first-order chi connectivity index (χ1) is 12.9. The van der Waals surface area contributed by atoms with Crippen LogP contribution in [0.3, 0.4) is 0 Å². The molecule has 0 unspecified atom stereocenters. The Morgan fingerprint density at radius 1 is 1.22 bits per heavy atom. The summed E-state index contributed by atoms with van der Waals surface area (Å²) < 4.78 is 5.82. The van der Waals surface area contributed by atoms with E-state index in [0.29, 0.717) is 40.5 Å². The fourth-order valence-electron chi connectivity index (χ4n) is 2.60. The van der Waals surface area contributed by atoms with E-state index >= 15 is 0 Å². The molecule has 0 fully saturated rings. The van der Waals surface area contributed by atoms with Gasteiger partial charge in [-0.05, 0) is 23.3 Å². The van der Waals surface area contributed by atoms with Gasteiger partial charge in [-0.1, -0.05) is 35.9 Å². The molecule has 0 aliphatic rings. The molecule has 0 aliphatic heterocycles. The van der Waals surface area contributed by atoms with Crippen molar-refractivity contribution in [3.8, 4) is 5.75 Å². The van der Waals surface area contributed by atoms with Crippen LogP contribution in [0.1, 0.15) is 21.6 Å². The second-order valence-corrected chi connectivity index (χ2v) is 6.52. The largest absolute Gasteiger partial charge is 0.489 e. The van der Waals surface area contributed by atoms with E-state index in [4.69, 9.17) is 33.2 Å². The number of carbonyl (C=O) groups is 1. The van der Waals surface area contributed by atoms with Crippen LogP contribution in [-0.4, -0.2) is 28.8 Å². The Morgan fingerprint density at radius 2 is 1.89 bits per heavy atom. The highest BCUT2D eigenvalue weighted by molar-refractivity contribution is 6.35. The van der Waals surface area contributed by atoms with Crippen molar-refractivity contribution in [3.05, 3.63) is 64.3 Å². The summed E-state index contributed by atoms with van der Waals surface area (Å²) in [7, 11) is 1.43. The van der Waals surface area contributed by atoms with Gasteiger partial charge in [0.2, 0.25) is 0 Å². The van der Waals surface area contributed by atoms with Gasteiger partial charge in [-0.15, -0.1) is 0 Å². The van der Waals surface area contributed by atoms with E-state index in [1.807, 2.05) is 24.3 Å². The van der Waals surface area contributed by atoms with Gasteiger partial charge in [0.05, 0.1) is 10.5 Å². The number of carbonyl (C=O) groups excluding carboxylic acids is 1. The van der Waals surface area contributed by atoms with E-state index in [1.54, 1.807) is 18.2 Å². The Kier molecular flexibility index (Phi) is 5.34. The lowest BCUT2D eigenvalue weighted by Gasteiger charge is -2.12. The van der Waals surface area contributed by atoms with E-state index in [2.05, 4.69) is 4.98 Å². The number of H-pyrrole nitrogens is 1. The third-order valence-corrected chi connectivity index (χ3v) is 4.53. The highest BCUT2D eigenvalue weighted by Gasteiger charge is 2.17. The number of guanidine groups is 1. The van der Waals surface area contributed by atoms with Crippen molar-refractivity contribution in [2.75, 3.05) is 7.05 Å². The molecule has 6 N–H and O–H groups in total. The molecule has 27 heavy (non-hydrogen) atoms. The van der Waals surface area contributed by atoms with Crippen molar-refractivity contribution in [3.63, 3.8) is 0 Å². The summed E-state index contributed by atoms with van der Waals surface area (Å²) in [4.78, 5) is 16.4. The minimum atomic E-state index is -0.419. The van der Waals surface area contributed by atoms with Crippen LogP contribution in [0.4, 0.5) is 0 Å². The number of ether oxygens (including phenoxy) is 1. The van der Waals surface area contributed by atoms with Crippen LogP contribution in [0, 0.1) is 5.41 Å². The third kappa shape index (κ3) is 4.05. The average molecular weight is 386 g/mol. The van der Waals surface area contributed by atoms with Gasteiger partial charge in [0, 0.05) is 25.0 Å². The van der Waals surface area contributed by atoms with Crippen LogP contribution in [0.15, 0.2) is 42.5 Å². The molecule has 0 bridgehead atoms. The van der Waals surface area contributed by atoms with Crippen LogP contribution >= 0.6 is 11.6 Å². The third-order valence-electron chi connectivity index (χ3n) is 4.22. The average Bonchev–Trinajstić information content (AvgIpc) is 3.10. The predicted octanol–water partition coefficient (Wildman–Crippen LogP) is 2.82. The molecule has 8 heteroatoms. The first-order valence-electron chi connectivity index (χ1n) is 8.24. The number of nitrogens with one attached hydrogen (secondary N) is 2. The Hall–Kier alpha value is -3.03. The summed E-state index contributed by atoms with van der Waals surface area (Å²) >= 11 is 6.34. The molecule has 2 aromatic carbocycles. The normalized spacial score (nSPS) is 10.8. The van der Waals surface area contributed by atoms with Crippen LogP contribution in [0.25, 0.3) is 10.9 Å². The molecule has 0 spiro atoms.